The third-order valence-corrected chi connectivity index (χ3v) is 2.08. The zero-order chi connectivity index (χ0) is 10.1. The predicted molar refractivity (Wildman–Crippen MR) is 51.9 cm³/mol. The zero-order valence-electron chi connectivity index (χ0n) is 7.60. The molecule has 0 spiro atoms. The predicted octanol–water partition coefficient (Wildman–Crippen LogP) is -0.374. The quantitative estimate of drug-likeness (QED) is 0.493. The lowest BCUT2D eigenvalue weighted by molar-refractivity contribution is -0.497. The molecule has 0 saturated heterocycles. The summed E-state index contributed by atoms with van der Waals surface area (Å²) in [5.74, 6) is 0. The molecule has 1 heterocycles. The molecule has 0 aliphatic heterocycles. The lowest BCUT2D eigenvalue weighted by atomic mass is 10.2. The monoisotopic (exact) mass is 191 g/mol. The second-order valence-corrected chi connectivity index (χ2v) is 3.06. The minimum absolute atomic E-state index is 0.140. The summed E-state index contributed by atoms with van der Waals surface area (Å²) < 4.78 is 1.39. The molecule has 5 nitrogen and oxygen atoms in total. The highest BCUT2D eigenvalue weighted by Gasteiger charge is 2.02. The first-order valence-electron chi connectivity index (χ1n) is 4.13. The molecule has 0 atom stereocenters. The normalized spacial score (nSPS) is 10.7. The summed E-state index contributed by atoms with van der Waals surface area (Å²) >= 11 is 0. The number of hydrogen-bond acceptors (Lipinski definition) is 3. The lowest BCUT2D eigenvalue weighted by Gasteiger charge is -2.03. The molecule has 0 aliphatic rings. The van der Waals surface area contributed by atoms with Crippen molar-refractivity contribution >= 4 is 16.6 Å². The van der Waals surface area contributed by atoms with Gasteiger partial charge in [0, 0.05) is 19.2 Å². The van der Waals surface area contributed by atoms with E-state index in [2.05, 4.69) is 4.98 Å². The fourth-order valence-corrected chi connectivity index (χ4v) is 1.30. The molecule has 0 amide bonds. The first kappa shape index (κ1) is 8.86. The Bertz CT molecular complexity index is 533. The van der Waals surface area contributed by atoms with Crippen LogP contribution >= 0.6 is 0 Å². The van der Waals surface area contributed by atoms with Crippen molar-refractivity contribution in [2.75, 3.05) is 0 Å². The van der Waals surface area contributed by atoms with E-state index in [1.807, 2.05) is 0 Å². The summed E-state index contributed by atoms with van der Waals surface area (Å²) in [6, 6.07) is 4.86. The van der Waals surface area contributed by atoms with Gasteiger partial charge in [-0.2, -0.15) is 0 Å². The number of quaternary nitrogens is 1. The standard InChI is InChI=1S/C9H9N3O2/c1-12-5-10-8-3-2-6(11-14)4-7(8)9(12)13/h2-5H,11H2,1H3. The molecule has 14 heavy (non-hydrogen) atoms. The maximum Gasteiger partial charge on any atom is 0.261 e. The van der Waals surface area contributed by atoms with Gasteiger partial charge >= 0.3 is 0 Å². The molecule has 0 aliphatic carbocycles. The Morgan fingerprint density at radius 1 is 1.50 bits per heavy atom. The maximum absolute atomic E-state index is 11.6. The van der Waals surface area contributed by atoms with Crippen LogP contribution in [-0.4, -0.2) is 9.55 Å². The highest BCUT2D eigenvalue weighted by molar-refractivity contribution is 5.79. The van der Waals surface area contributed by atoms with E-state index in [4.69, 9.17) is 0 Å². The molecular formula is C9H9N3O2. The molecule has 72 valence electrons. The van der Waals surface area contributed by atoms with Gasteiger partial charge < -0.3 is 15.3 Å². The minimum atomic E-state index is -0.140. The van der Waals surface area contributed by atoms with Crippen molar-refractivity contribution in [3.8, 4) is 0 Å². The summed E-state index contributed by atoms with van der Waals surface area (Å²) in [6.07, 6.45) is 1.46. The Morgan fingerprint density at radius 3 is 3.00 bits per heavy atom. The van der Waals surface area contributed by atoms with E-state index in [9.17, 15) is 10.0 Å². The number of rotatable bonds is 1. The second kappa shape index (κ2) is 3.21. The first-order chi connectivity index (χ1) is 6.72. The van der Waals surface area contributed by atoms with Gasteiger partial charge in [-0.1, -0.05) is 0 Å². The number of nitrogens with zero attached hydrogens (tertiary/aromatic N) is 2. The van der Waals surface area contributed by atoms with Crippen molar-refractivity contribution in [2.45, 2.75) is 0 Å². The number of hydrogen-bond donors (Lipinski definition) is 1. The van der Waals surface area contributed by atoms with E-state index < -0.39 is 0 Å². The van der Waals surface area contributed by atoms with Crippen molar-refractivity contribution < 1.29 is 5.48 Å². The summed E-state index contributed by atoms with van der Waals surface area (Å²) in [4.78, 5) is 15.7. The average molecular weight is 191 g/mol. The third-order valence-electron chi connectivity index (χ3n) is 2.08. The van der Waals surface area contributed by atoms with Crippen LogP contribution in [0.25, 0.3) is 10.9 Å². The van der Waals surface area contributed by atoms with Crippen molar-refractivity contribution in [1.29, 1.82) is 0 Å². The van der Waals surface area contributed by atoms with Crippen molar-refractivity contribution in [3.63, 3.8) is 0 Å². The minimum Gasteiger partial charge on any atom is -0.630 e. The SMILES string of the molecule is Cn1cnc2ccc([NH2+][O-])cc2c1=O. The smallest absolute Gasteiger partial charge is 0.261 e. The van der Waals surface area contributed by atoms with Gasteiger partial charge in [0.2, 0.25) is 0 Å². The van der Waals surface area contributed by atoms with Crippen LogP contribution in [0.1, 0.15) is 0 Å². The summed E-state index contributed by atoms with van der Waals surface area (Å²) in [6.45, 7) is 0. The molecular weight excluding hydrogens is 182 g/mol. The van der Waals surface area contributed by atoms with Crippen LogP contribution in [0.4, 0.5) is 5.69 Å². The molecule has 0 unspecified atom stereocenters. The number of benzene rings is 1. The van der Waals surface area contributed by atoms with Crippen molar-refractivity contribution in [2.24, 2.45) is 7.05 Å². The van der Waals surface area contributed by atoms with Crippen molar-refractivity contribution in [3.05, 3.63) is 40.1 Å². The van der Waals surface area contributed by atoms with E-state index in [-0.39, 0.29) is 5.56 Å². The van der Waals surface area contributed by atoms with Gasteiger partial charge in [-0.3, -0.25) is 4.79 Å². The number of aryl methyl sites for hydroxylation is 1. The molecule has 5 heteroatoms. The number of nitrogens with two attached hydrogens (primary N) is 1. The Kier molecular flexibility index (Phi) is 2.03. The van der Waals surface area contributed by atoms with Crippen LogP contribution in [0, 0.1) is 5.21 Å². The lowest BCUT2D eigenvalue weighted by Crippen LogP contribution is -2.70. The van der Waals surface area contributed by atoms with Crippen LogP contribution in [0.2, 0.25) is 0 Å². The van der Waals surface area contributed by atoms with Crippen LogP contribution in [0.15, 0.2) is 29.3 Å². The highest BCUT2D eigenvalue weighted by atomic mass is 16.5. The van der Waals surface area contributed by atoms with E-state index in [1.54, 1.807) is 25.2 Å². The maximum atomic E-state index is 11.6. The van der Waals surface area contributed by atoms with Crippen LogP contribution in [-0.2, 0) is 7.05 Å². The molecule has 1 aromatic carbocycles. The van der Waals surface area contributed by atoms with Gasteiger partial charge in [0.05, 0.1) is 17.2 Å². The van der Waals surface area contributed by atoms with Crippen molar-refractivity contribution in [1.82, 2.24) is 9.55 Å². The van der Waals surface area contributed by atoms with Crippen LogP contribution in [0.5, 0.6) is 0 Å². The second-order valence-electron chi connectivity index (χ2n) is 3.06. The average Bonchev–Trinajstić information content (AvgIpc) is 2.23. The fraction of sp³-hybridized carbons (Fsp3) is 0.111. The Labute approximate surface area is 79.6 Å². The molecule has 0 fully saturated rings. The summed E-state index contributed by atoms with van der Waals surface area (Å²) in [5, 5.41) is 11.0. The van der Waals surface area contributed by atoms with Gasteiger partial charge in [-0.25, -0.2) is 4.98 Å². The van der Waals surface area contributed by atoms with Crippen LogP contribution in [0.3, 0.4) is 0 Å². The fourth-order valence-electron chi connectivity index (χ4n) is 1.30. The van der Waals surface area contributed by atoms with E-state index in [0.29, 0.717) is 22.1 Å². The summed E-state index contributed by atoms with van der Waals surface area (Å²) in [5.41, 5.74) is 1.67. The summed E-state index contributed by atoms with van der Waals surface area (Å²) in [7, 11) is 1.63. The topological polar surface area (TPSA) is 74.6 Å². The van der Waals surface area contributed by atoms with Gasteiger partial charge in [-0.15, -0.1) is 0 Å². The van der Waals surface area contributed by atoms with E-state index in [0.717, 1.165) is 0 Å². The highest BCUT2D eigenvalue weighted by Crippen LogP contribution is 2.09. The van der Waals surface area contributed by atoms with Gasteiger partial charge in [-0.05, 0) is 6.07 Å². The van der Waals surface area contributed by atoms with Gasteiger partial charge in [0.15, 0.2) is 0 Å². The number of fused-ring (bicyclic) bond motifs is 1. The van der Waals surface area contributed by atoms with E-state index in [1.165, 1.54) is 10.9 Å². The largest absolute Gasteiger partial charge is 0.630 e. The van der Waals surface area contributed by atoms with Gasteiger partial charge in [0.25, 0.3) is 5.56 Å². The molecule has 2 N–H and O–H groups in total. The number of aromatic nitrogens is 2. The van der Waals surface area contributed by atoms with E-state index >= 15 is 0 Å². The molecule has 0 bridgehead atoms. The molecule has 0 saturated carbocycles. The van der Waals surface area contributed by atoms with Crippen LogP contribution < -0.4 is 11.0 Å². The molecule has 1 aromatic heterocycles. The molecule has 0 radical (unpaired) electrons. The first-order valence-corrected chi connectivity index (χ1v) is 4.13. The van der Waals surface area contributed by atoms with Gasteiger partial charge in [0.1, 0.15) is 5.69 Å². The Hall–Kier alpha value is -1.72. The molecule has 2 aromatic rings. The zero-order valence-corrected chi connectivity index (χ0v) is 7.60. The Balaban J connectivity index is 2.85. The Morgan fingerprint density at radius 2 is 2.29 bits per heavy atom. The third kappa shape index (κ3) is 1.28. The molecule has 2 rings (SSSR count).